The molecule has 20 heavy (non-hydrogen) atoms. The number of benzene rings is 1. The van der Waals surface area contributed by atoms with E-state index in [0.717, 1.165) is 32.9 Å². The van der Waals surface area contributed by atoms with E-state index in [1.165, 1.54) is 11.3 Å². The van der Waals surface area contributed by atoms with Crippen LogP contribution < -0.4 is 9.47 Å². The molecule has 2 aromatic heterocycles. The first-order valence-electron chi connectivity index (χ1n) is 6.16. The number of hydrogen-bond acceptors (Lipinski definition) is 5. The van der Waals surface area contributed by atoms with Crippen molar-refractivity contribution in [2.45, 2.75) is 6.92 Å². The van der Waals surface area contributed by atoms with E-state index in [2.05, 4.69) is 9.97 Å². The summed E-state index contributed by atoms with van der Waals surface area (Å²) in [6.07, 6.45) is 0. The van der Waals surface area contributed by atoms with E-state index in [4.69, 9.17) is 9.47 Å². The SMILES string of the molecule is COc1ccc2c(C)nc(-c3nc(OC)cs3)cc2c1. The number of ether oxygens (including phenoxy) is 2. The van der Waals surface area contributed by atoms with Gasteiger partial charge in [-0.2, -0.15) is 0 Å². The van der Waals surface area contributed by atoms with Crippen molar-refractivity contribution in [2.75, 3.05) is 14.2 Å². The third kappa shape index (κ3) is 2.20. The fourth-order valence-corrected chi connectivity index (χ4v) is 2.85. The second kappa shape index (κ2) is 5.09. The van der Waals surface area contributed by atoms with Gasteiger partial charge < -0.3 is 9.47 Å². The van der Waals surface area contributed by atoms with Crippen molar-refractivity contribution < 1.29 is 9.47 Å². The minimum atomic E-state index is 0.621. The first-order valence-corrected chi connectivity index (χ1v) is 7.04. The quantitative estimate of drug-likeness (QED) is 0.736. The third-order valence-corrected chi connectivity index (χ3v) is 3.98. The third-order valence-electron chi connectivity index (χ3n) is 3.14. The molecule has 0 aliphatic heterocycles. The highest BCUT2D eigenvalue weighted by atomic mass is 32.1. The lowest BCUT2D eigenvalue weighted by atomic mass is 10.1. The molecule has 102 valence electrons. The molecule has 5 heteroatoms. The maximum Gasteiger partial charge on any atom is 0.224 e. The van der Waals surface area contributed by atoms with Gasteiger partial charge in [-0.25, -0.2) is 9.97 Å². The van der Waals surface area contributed by atoms with Crippen LogP contribution in [0.3, 0.4) is 0 Å². The largest absolute Gasteiger partial charge is 0.497 e. The van der Waals surface area contributed by atoms with Gasteiger partial charge in [-0.1, -0.05) is 0 Å². The number of thiazole rings is 1. The van der Waals surface area contributed by atoms with E-state index in [1.807, 2.05) is 36.6 Å². The lowest BCUT2D eigenvalue weighted by molar-refractivity contribution is 0.401. The minimum absolute atomic E-state index is 0.621. The summed E-state index contributed by atoms with van der Waals surface area (Å²) in [5.74, 6) is 1.46. The minimum Gasteiger partial charge on any atom is -0.497 e. The summed E-state index contributed by atoms with van der Waals surface area (Å²) in [6, 6.07) is 8.02. The summed E-state index contributed by atoms with van der Waals surface area (Å²) in [6.45, 7) is 2.00. The molecule has 1 aromatic carbocycles. The van der Waals surface area contributed by atoms with Gasteiger partial charge in [-0.05, 0) is 36.6 Å². The molecular formula is C15H14N2O2S. The maximum atomic E-state index is 5.28. The maximum absolute atomic E-state index is 5.28. The van der Waals surface area contributed by atoms with Crippen molar-refractivity contribution in [3.05, 3.63) is 35.3 Å². The van der Waals surface area contributed by atoms with E-state index in [1.54, 1.807) is 14.2 Å². The zero-order valence-corrected chi connectivity index (χ0v) is 12.3. The molecule has 0 N–H and O–H groups in total. The highest BCUT2D eigenvalue weighted by molar-refractivity contribution is 7.13. The van der Waals surface area contributed by atoms with E-state index >= 15 is 0 Å². The van der Waals surface area contributed by atoms with E-state index in [0.29, 0.717) is 5.88 Å². The molecule has 0 fully saturated rings. The van der Waals surface area contributed by atoms with Crippen molar-refractivity contribution in [1.82, 2.24) is 9.97 Å². The Balaban J connectivity index is 2.16. The zero-order valence-electron chi connectivity index (χ0n) is 11.5. The molecule has 0 radical (unpaired) electrons. The fourth-order valence-electron chi connectivity index (χ4n) is 2.12. The molecule has 3 rings (SSSR count). The van der Waals surface area contributed by atoms with Crippen LogP contribution >= 0.6 is 11.3 Å². The number of hydrogen-bond donors (Lipinski definition) is 0. The van der Waals surface area contributed by atoms with Crippen LogP contribution in [-0.2, 0) is 0 Å². The molecule has 0 saturated heterocycles. The van der Waals surface area contributed by atoms with Crippen LogP contribution in [0.25, 0.3) is 21.5 Å². The molecule has 4 nitrogen and oxygen atoms in total. The number of aryl methyl sites for hydroxylation is 1. The van der Waals surface area contributed by atoms with Crippen molar-refractivity contribution >= 4 is 22.1 Å². The average molecular weight is 286 g/mol. The summed E-state index contributed by atoms with van der Waals surface area (Å²) in [5.41, 5.74) is 1.84. The topological polar surface area (TPSA) is 44.2 Å². The van der Waals surface area contributed by atoms with Crippen LogP contribution in [0.15, 0.2) is 29.6 Å². The number of fused-ring (bicyclic) bond motifs is 1. The summed E-state index contributed by atoms with van der Waals surface area (Å²) in [7, 11) is 3.28. The second-order valence-electron chi connectivity index (χ2n) is 4.37. The number of rotatable bonds is 3. The first kappa shape index (κ1) is 12.9. The summed E-state index contributed by atoms with van der Waals surface area (Å²) < 4.78 is 10.4. The lowest BCUT2D eigenvalue weighted by Gasteiger charge is -2.06. The molecule has 0 amide bonds. The Morgan fingerprint density at radius 3 is 2.60 bits per heavy atom. The average Bonchev–Trinajstić information content (AvgIpc) is 2.95. The Morgan fingerprint density at radius 1 is 1.05 bits per heavy atom. The van der Waals surface area contributed by atoms with Crippen LogP contribution in [0, 0.1) is 6.92 Å². The van der Waals surface area contributed by atoms with Crippen LogP contribution in [-0.4, -0.2) is 24.2 Å². The molecule has 0 saturated carbocycles. The first-order chi connectivity index (χ1) is 9.71. The van der Waals surface area contributed by atoms with Crippen molar-refractivity contribution in [2.24, 2.45) is 0 Å². The van der Waals surface area contributed by atoms with Gasteiger partial charge in [0, 0.05) is 11.1 Å². The molecule has 2 heterocycles. The van der Waals surface area contributed by atoms with Gasteiger partial charge in [0.15, 0.2) is 0 Å². The van der Waals surface area contributed by atoms with Gasteiger partial charge in [0.25, 0.3) is 0 Å². The Morgan fingerprint density at radius 2 is 1.90 bits per heavy atom. The number of pyridine rings is 1. The Labute approximate surface area is 121 Å². The van der Waals surface area contributed by atoms with Crippen molar-refractivity contribution in [3.63, 3.8) is 0 Å². The molecular weight excluding hydrogens is 272 g/mol. The molecule has 0 bridgehead atoms. The number of nitrogens with zero attached hydrogens (tertiary/aromatic N) is 2. The second-order valence-corrected chi connectivity index (χ2v) is 5.23. The predicted octanol–water partition coefficient (Wildman–Crippen LogP) is 3.68. The van der Waals surface area contributed by atoms with E-state index in [-0.39, 0.29) is 0 Å². The highest BCUT2D eigenvalue weighted by Crippen LogP contribution is 2.30. The van der Waals surface area contributed by atoms with Gasteiger partial charge in [0.05, 0.1) is 25.3 Å². The van der Waals surface area contributed by atoms with E-state index in [9.17, 15) is 0 Å². The lowest BCUT2D eigenvalue weighted by Crippen LogP contribution is -1.91. The van der Waals surface area contributed by atoms with Gasteiger partial charge in [0.2, 0.25) is 5.88 Å². The normalized spacial score (nSPS) is 10.8. The summed E-state index contributed by atoms with van der Waals surface area (Å²) in [5, 5.41) is 4.95. The van der Waals surface area contributed by atoms with Crippen molar-refractivity contribution in [1.29, 1.82) is 0 Å². The van der Waals surface area contributed by atoms with Gasteiger partial charge in [-0.15, -0.1) is 11.3 Å². The van der Waals surface area contributed by atoms with Crippen LogP contribution in [0.1, 0.15) is 5.69 Å². The fraction of sp³-hybridized carbons (Fsp3) is 0.200. The molecule has 0 atom stereocenters. The molecule has 3 aromatic rings. The van der Waals surface area contributed by atoms with Crippen LogP contribution in [0.5, 0.6) is 11.6 Å². The Hall–Kier alpha value is -2.14. The van der Waals surface area contributed by atoms with Crippen molar-refractivity contribution in [3.8, 4) is 22.3 Å². The van der Waals surface area contributed by atoms with Gasteiger partial charge >= 0.3 is 0 Å². The molecule has 0 aliphatic rings. The van der Waals surface area contributed by atoms with Gasteiger partial charge in [-0.3, -0.25) is 0 Å². The molecule has 0 unspecified atom stereocenters. The standard InChI is InChI=1S/C15H14N2O2S/c1-9-12-5-4-11(18-2)6-10(12)7-13(16-9)15-17-14(19-3)8-20-15/h4-8H,1-3H3. The molecule has 0 spiro atoms. The van der Waals surface area contributed by atoms with Crippen LogP contribution in [0.4, 0.5) is 0 Å². The van der Waals surface area contributed by atoms with E-state index < -0.39 is 0 Å². The Kier molecular flexibility index (Phi) is 3.28. The number of aromatic nitrogens is 2. The smallest absolute Gasteiger partial charge is 0.224 e. The summed E-state index contributed by atoms with van der Waals surface area (Å²) in [4.78, 5) is 9.02. The monoisotopic (exact) mass is 286 g/mol. The zero-order chi connectivity index (χ0) is 14.1. The summed E-state index contributed by atoms with van der Waals surface area (Å²) >= 11 is 1.52. The van der Waals surface area contributed by atoms with Gasteiger partial charge in [0.1, 0.15) is 10.8 Å². The Bertz CT molecular complexity index is 768. The predicted molar refractivity (Wildman–Crippen MR) is 80.7 cm³/mol. The van der Waals surface area contributed by atoms with Crippen LogP contribution in [0.2, 0.25) is 0 Å². The highest BCUT2D eigenvalue weighted by Gasteiger charge is 2.10. The number of methoxy groups -OCH3 is 2. The molecule has 0 aliphatic carbocycles.